The summed E-state index contributed by atoms with van der Waals surface area (Å²) in [6.45, 7) is 6.42. The van der Waals surface area contributed by atoms with Gasteiger partial charge in [0.05, 0.1) is 46.3 Å². The molecule has 0 bridgehead atoms. The molecule has 3 N–H and O–H groups in total. The lowest BCUT2D eigenvalue weighted by Gasteiger charge is -2.14. The maximum Gasteiger partial charge on any atom is 0.267 e. The molecule has 2 aromatic carbocycles. The lowest BCUT2D eigenvalue weighted by molar-refractivity contribution is 0.0996. The lowest BCUT2D eigenvalue weighted by Crippen LogP contribution is -2.18. The van der Waals surface area contributed by atoms with Gasteiger partial charge in [0.25, 0.3) is 11.8 Å². The molecule has 0 spiro atoms. The number of hydrogen-bond donors (Lipinski definition) is 2. The summed E-state index contributed by atoms with van der Waals surface area (Å²) in [6.07, 6.45) is 0. The number of aromatic nitrogens is 3. The Morgan fingerprint density at radius 1 is 1.15 bits per heavy atom. The minimum atomic E-state index is -0.700. The zero-order chi connectivity index (χ0) is 24.4. The highest BCUT2D eigenvalue weighted by molar-refractivity contribution is 6.14. The van der Waals surface area contributed by atoms with Crippen molar-refractivity contribution in [2.24, 2.45) is 5.73 Å². The summed E-state index contributed by atoms with van der Waals surface area (Å²) >= 11 is 0. The number of nitrogens with zero attached hydrogens (tertiary/aromatic N) is 4. The molecule has 170 valence electrons. The van der Waals surface area contributed by atoms with E-state index in [2.05, 4.69) is 21.5 Å². The number of aryl methyl sites for hydroxylation is 1. The van der Waals surface area contributed by atoms with E-state index in [-0.39, 0.29) is 17.5 Å². The Balaban J connectivity index is 1.72. The number of hydrogen-bond acceptors (Lipinski definition) is 5. The molecule has 0 unspecified atom stereocenters. The number of anilines is 1. The smallest absolute Gasteiger partial charge is 0.267 e. The van der Waals surface area contributed by atoms with E-state index in [9.17, 15) is 9.59 Å². The van der Waals surface area contributed by atoms with Gasteiger partial charge in [0.2, 0.25) is 0 Å². The highest BCUT2D eigenvalue weighted by Gasteiger charge is 2.22. The van der Waals surface area contributed by atoms with Gasteiger partial charge in [-0.2, -0.15) is 10.4 Å². The molecule has 0 radical (unpaired) electrons. The molecular formula is C26H24N6O2. The van der Waals surface area contributed by atoms with Crippen LogP contribution in [0.3, 0.4) is 0 Å². The molecule has 0 aliphatic carbocycles. The van der Waals surface area contributed by atoms with Crippen molar-refractivity contribution in [2.45, 2.75) is 33.2 Å². The Morgan fingerprint density at radius 3 is 2.50 bits per heavy atom. The van der Waals surface area contributed by atoms with Crippen LogP contribution in [0.15, 0.2) is 54.6 Å². The van der Waals surface area contributed by atoms with Gasteiger partial charge in [-0.05, 0) is 42.7 Å². The average molecular weight is 453 g/mol. The van der Waals surface area contributed by atoms with Gasteiger partial charge in [0.1, 0.15) is 5.69 Å². The second kappa shape index (κ2) is 9.16. The predicted octanol–water partition coefficient (Wildman–Crippen LogP) is 4.13. The number of para-hydroxylation sites is 1. The van der Waals surface area contributed by atoms with E-state index in [4.69, 9.17) is 11.0 Å². The first-order valence-corrected chi connectivity index (χ1v) is 10.9. The maximum atomic E-state index is 13.4. The van der Waals surface area contributed by atoms with Crippen molar-refractivity contribution in [3.05, 3.63) is 88.4 Å². The van der Waals surface area contributed by atoms with Gasteiger partial charge in [0.15, 0.2) is 0 Å². The number of primary amides is 1. The highest BCUT2D eigenvalue weighted by Crippen LogP contribution is 2.30. The molecule has 0 atom stereocenters. The minimum Gasteiger partial charge on any atom is -0.364 e. The lowest BCUT2D eigenvalue weighted by atomic mass is 10.0. The third-order valence-electron chi connectivity index (χ3n) is 5.58. The quantitative estimate of drug-likeness (QED) is 0.455. The van der Waals surface area contributed by atoms with E-state index in [0.717, 1.165) is 11.3 Å². The first-order valence-electron chi connectivity index (χ1n) is 10.9. The van der Waals surface area contributed by atoms with Crippen LogP contribution in [0.4, 0.5) is 5.69 Å². The summed E-state index contributed by atoms with van der Waals surface area (Å²) in [5.74, 6) is -0.997. The van der Waals surface area contributed by atoms with E-state index < -0.39 is 5.91 Å². The van der Waals surface area contributed by atoms with Crippen molar-refractivity contribution in [1.82, 2.24) is 14.8 Å². The van der Waals surface area contributed by atoms with E-state index in [1.165, 1.54) is 6.07 Å². The minimum absolute atomic E-state index is 0.0289. The van der Waals surface area contributed by atoms with Crippen LogP contribution in [0, 0.1) is 18.3 Å². The number of benzene rings is 2. The van der Waals surface area contributed by atoms with Gasteiger partial charge in [-0.25, -0.2) is 4.98 Å². The van der Waals surface area contributed by atoms with Crippen molar-refractivity contribution >= 4 is 28.4 Å². The van der Waals surface area contributed by atoms with Crippen LogP contribution < -0.4 is 11.1 Å². The van der Waals surface area contributed by atoms with Crippen molar-refractivity contribution in [3.8, 4) is 6.07 Å². The topological polar surface area (TPSA) is 127 Å². The van der Waals surface area contributed by atoms with Crippen LogP contribution in [0.2, 0.25) is 0 Å². The molecule has 0 fully saturated rings. The Kier molecular flexibility index (Phi) is 6.11. The van der Waals surface area contributed by atoms with Crippen molar-refractivity contribution in [3.63, 3.8) is 0 Å². The summed E-state index contributed by atoms with van der Waals surface area (Å²) in [4.78, 5) is 29.5. The van der Waals surface area contributed by atoms with Crippen LogP contribution in [-0.4, -0.2) is 26.6 Å². The fraction of sp³-hybridized carbons (Fsp3) is 0.192. The third-order valence-corrected chi connectivity index (χ3v) is 5.58. The fourth-order valence-electron chi connectivity index (χ4n) is 3.99. The average Bonchev–Trinajstić information content (AvgIpc) is 3.13. The Bertz CT molecular complexity index is 1440. The number of nitriles is 1. The zero-order valence-electron chi connectivity index (χ0n) is 19.2. The Labute approximate surface area is 197 Å². The number of fused-ring (bicyclic) bond motifs is 1. The number of carbonyl (C=O) groups excluding carboxylic acids is 2. The largest absolute Gasteiger partial charge is 0.364 e. The van der Waals surface area contributed by atoms with Gasteiger partial charge in [-0.1, -0.05) is 44.2 Å². The monoisotopic (exact) mass is 452 g/mol. The SMILES string of the molecule is Cc1nn(Cc2ccc(C#N)cc2)c(C(C)C)c1NC(=O)c1cc(C(N)=O)nc2ccccc12. The molecule has 4 aromatic rings. The Hall–Kier alpha value is -4.51. The molecule has 0 saturated carbocycles. The number of amides is 2. The molecule has 2 amide bonds. The van der Waals surface area contributed by atoms with Crippen molar-refractivity contribution in [2.75, 3.05) is 5.32 Å². The summed E-state index contributed by atoms with van der Waals surface area (Å²) in [6, 6.07) is 18.0. The number of nitrogens with two attached hydrogens (primary N) is 1. The molecule has 0 saturated heterocycles. The van der Waals surface area contributed by atoms with Gasteiger partial charge >= 0.3 is 0 Å². The van der Waals surface area contributed by atoms with Crippen LogP contribution in [0.25, 0.3) is 10.9 Å². The standard InChI is InChI=1S/C26H24N6O2/c1-15(2)24-23(16(3)31-32(24)14-18-10-8-17(13-27)9-11-18)30-26(34)20-12-22(25(28)33)29-21-7-5-4-6-19(20)21/h4-12,15H,14H2,1-3H3,(H2,28,33)(H,30,34). The third kappa shape index (κ3) is 4.36. The maximum absolute atomic E-state index is 13.4. The molecule has 4 rings (SSSR count). The van der Waals surface area contributed by atoms with Crippen molar-refractivity contribution in [1.29, 1.82) is 5.26 Å². The summed E-state index contributed by atoms with van der Waals surface area (Å²) < 4.78 is 1.87. The van der Waals surface area contributed by atoms with E-state index >= 15 is 0 Å². The van der Waals surface area contributed by atoms with E-state index in [1.807, 2.05) is 43.7 Å². The fourth-order valence-corrected chi connectivity index (χ4v) is 3.99. The van der Waals surface area contributed by atoms with Gasteiger partial charge in [-0.3, -0.25) is 14.3 Å². The van der Waals surface area contributed by atoms with Crippen LogP contribution in [0.1, 0.15) is 63.1 Å². The summed E-state index contributed by atoms with van der Waals surface area (Å²) in [5, 5.41) is 17.3. The molecule has 8 heteroatoms. The van der Waals surface area contributed by atoms with E-state index in [0.29, 0.717) is 40.0 Å². The molecule has 8 nitrogen and oxygen atoms in total. The highest BCUT2D eigenvalue weighted by atomic mass is 16.2. The molecular weight excluding hydrogens is 428 g/mol. The summed E-state index contributed by atoms with van der Waals surface area (Å²) in [7, 11) is 0. The normalized spacial score (nSPS) is 10.9. The van der Waals surface area contributed by atoms with Crippen molar-refractivity contribution < 1.29 is 9.59 Å². The number of nitrogens with one attached hydrogen (secondary N) is 1. The zero-order valence-corrected chi connectivity index (χ0v) is 19.2. The van der Waals surface area contributed by atoms with Gasteiger partial charge in [-0.15, -0.1) is 0 Å². The number of pyridine rings is 1. The molecule has 0 aliphatic heterocycles. The van der Waals surface area contributed by atoms with Gasteiger partial charge < -0.3 is 11.1 Å². The first-order chi connectivity index (χ1) is 16.3. The van der Waals surface area contributed by atoms with Crippen LogP contribution in [-0.2, 0) is 6.54 Å². The first kappa shape index (κ1) is 22.7. The molecule has 2 aromatic heterocycles. The second-order valence-electron chi connectivity index (χ2n) is 8.36. The number of rotatable bonds is 6. The molecule has 34 heavy (non-hydrogen) atoms. The van der Waals surface area contributed by atoms with Crippen LogP contribution >= 0.6 is 0 Å². The summed E-state index contributed by atoms with van der Waals surface area (Å²) in [5.41, 5.74) is 10.1. The Morgan fingerprint density at radius 2 is 1.85 bits per heavy atom. The second-order valence-corrected chi connectivity index (χ2v) is 8.36. The van der Waals surface area contributed by atoms with Gasteiger partial charge in [0, 0.05) is 5.39 Å². The molecule has 2 heterocycles. The number of carbonyl (C=O) groups is 2. The predicted molar refractivity (Wildman–Crippen MR) is 130 cm³/mol. The van der Waals surface area contributed by atoms with E-state index in [1.54, 1.807) is 30.3 Å². The molecule has 0 aliphatic rings. The van der Waals surface area contributed by atoms with Crippen LogP contribution in [0.5, 0.6) is 0 Å².